The summed E-state index contributed by atoms with van der Waals surface area (Å²) in [6, 6.07) is 8.07. The normalized spacial score (nSPS) is 10.6. The minimum absolute atomic E-state index is 0.432. The van der Waals surface area contributed by atoms with Crippen LogP contribution in [0.15, 0.2) is 30.6 Å². The van der Waals surface area contributed by atoms with Gasteiger partial charge in [0.05, 0.1) is 0 Å². The maximum absolute atomic E-state index is 5.83. The van der Waals surface area contributed by atoms with Gasteiger partial charge in [-0.2, -0.15) is 0 Å². The molecule has 5 heteroatoms. The Balaban J connectivity index is 1.97. The summed E-state index contributed by atoms with van der Waals surface area (Å²) in [7, 11) is 1.91. The largest absolute Gasteiger partial charge is 0.485 e. The fraction of sp³-hybridized carbons (Fsp3) is 0.429. The molecule has 0 aliphatic heterocycles. The van der Waals surface area contributed by atoms with Crippen molar-refractivity contribution < 1.29 is 4.74 Å². The van der Waals surface area contributed by atoms with E-state index in [9.17, 15) is 0 Å². The highest BCUT2D eigenvalue weighted by Crippen LogP contribution is 2.18. The van der Waals surface area contributed by atoms with Gasteiger partial charge in [-0.1, -0.05) is 25.1 Å². The zero-order chi connectivity index (χ0) is 13.5. The third kappa shape index (κ3) is 3.79. The van der Waals surface area contributed by atoms with Crippen LogP contribution in [0.4, 0.5) is 0 Å². The van der Waals surface area contributed by atoms with Crippen molar-refractivity contribution in [3.63, 3.8) is 0 Å². The van der Waals surface area contributed by atoms with E-state index in [1.807, 2.05) is 29.8 Å². The smallest absolute Gasteiger partial charge is 0.170 e. The molecule has 0 bridgehead atoms. The topological polar surface area (TPSA) is 52.0 Å². The number of aromatic nitrogens is 3. The Labute approximate surface area is 113 Å². The molecule has 0 saturated carbocycles. The van der Waals surface area contributed by atoms with Crippen LogP contribution in [0.1, 0.15) is 24.7 Å². The molecule has 19 heavy (non-hydrogen) atoms. The lowest BCUT2D eigenvalue weighted by Gasteiger charge is -2.11. The molecule has 0 aliphatic carbocycles. The molecular formula is C14H20N4O. The molecule has 102 valence electrons. The van der Waals surface area contributed by atoms with E-state index in [1.54, 1.807) is 6.33 Å². The van der Waals surface area contributed by atoms with Gasteiger partial charge in [0, 0.05) is 19.2 Å². The maximum Gasteiger partial charge on any atom is 0.170 e. The highest BCUT2D eigenvalue weighted by molar-refractivity contribution is 5.33. The van der Waals surface area contributed by atoms with Crippen molar-refractivity contribution in [3.8, 4) is 5.75 Å². The van der Waals surface area contributed by atoms with Crippen LogP contribution in [0.3, 0.4) is 0 Å². The molecule has 5 nitrogen and oxygen atoms in total. The van der Waals surface area contributed by atoms with Crippen LogP contribution in [-0.2, 0) is 20.2 Å². The summed E-state index contributed by atoms with van der Waals surface area (Å²) in [5, 5.41) is 11.2. The van der Waals surface area contributed by atoms with Crippen LogP contribution in [-0.4, -0.2) is 21.3 Å². The first-order valence-corrected chi connectivity index (χ1v) is 6.55. The van der Waals surface area contributed by atoms with Crippen molar-refractivity contribution >= 4 is 0 Å². The molecule has 0 amide bonds. The van der Waals surface area contributed by atoms with Crippen LogP contribution in [0.5, 0.6) is 5.75 Å². The molecule has 2 rings (SSSR count). The Morgan fingerprint density at radius 3 is 2.89 bits per heavy atom. The highest BCUT2D eigenvalue weighted by Gasteiger charge is 2.05. The van der Waals surface area contributed by atoms with Gasteiger partial charge in [0.25, 0.3) is 0 Å². The molecule has 0 spiro atoms. The van der Waals surface area contributed by atoms with Crippen molar-refractivity contribution in [1.29, 1.82) is 0 Å². The van der Waals surface area contributed by atoms with Crippen LogP contribution >= 0.6 is 0 Å². The number of nitrogens with zero attached hydrogens (tertiary/aromatic N) is 3. The summed E-state index contributed by atoms with van der Waals surface area (Å²) in [6.45, 7) is 4.42. The van der Waals surface area contributed by atoms with Gasteiger partial charge in [-0.05, 0) is 19.0 Å². The zero-order valence-electron chi connectivity index (χ0n) is 11.5. The average molecular weight is 260 g/mol. The zero-order valence-corrected chi connectivity index (χ0v) is 11.5. The van der Waals surface area contributed by atoms with Gasteiger partial charge in [0.2, 0.25) is 0 Å². The molecule has 1 N–H and O–H groups in total. The van der Waals surface area contributed by atoms with E-state index in [2.05, 4.69) is 28.5 Å². The summed E-state index contributed by atoms with van der Waals surface area (Å²) >= 11 is 0. The molecule has 1 aromatic heterocycles. The molecule has 1 heterocycles. The number of rotatable bonds is 7. The Morgan fingerprint density at radius 1 is 1.32 bits per heavy atom. The van der Waals surface area contributed by atoms with Crippen LogP contribution in [0.2, 0.25) is 0 Å². The Morgan fingerprint density at radius 2 is 2.16 bits per heavy atom. The van der Waals surface area contributed by atoms with Crippen LogP contribution in [0, 0.1) is 0 Å². The van der Waals surface area contributed by atoms with Gasteiger partial charge in [-0.25, -0.2) is 0 Å². The summed E-state index contributed by atoms with van der Waals surface area (Å²) in [5.74, 6) is 1.71. The average Bonchev–Trinajstić information content (AvgIpc) is 2.83. The standard InChI is InChI=1S/C14H20N4O/c1-3-8-15-9-12-6-4-5-7-13(12)19-10-14-17-16-11-18(14)2/h4-7,11,15H,3,8-10H2,1-2H3. The van der Waals surface area contributed by atoms with Gasteiger partial charge in [-0.15, -0.1) is 10.2 Å². The van der Waals surface area contributed by atoms with E-state index in [-0.39, 0.29) is 0 Å². The van der Waals surface area contributed by atoms with Crippen molar-refractivity contribution in [1.82, 2.24) is 20.1 Å². The highest BCUT2D eigenvalue weighted by atomic mass is 16.5. The number of para-hydroxylation sites is 1. The molecule has 1 aromatic carbocycles. The Bertz CT molecular complexity index is 510. The van der Waals surface area contributed by atoms with Gasteiger partial charge >= 0.3 is 0 Å². The Kier molecular flexibility index (Phi) is 4.92. The number of nitrogens with one attached hydrogen (secondary N) is 1. The molecule has 0 radical (unpaired) electrons. The lowest BCUT2D eigenvalue weighted by atomic mass is 10.2. The third-order valence-electron chi connectivity index (χ3n) is 2.88. The van der Waals surface area contributed by atoms with Crippen LogP contribution in [0.25, 0.3) is 0 Å². The maximum atomic E-state index is 5.83. The Hall–Kier alpha value is -1.88. The lowest BCUT2D eigenvalue weighted by molar-refractivity contribution is 0.287. The summed E-state index contributed by atoms with van der Waals surface area (Å²) in [6.07, 6.45) is 2.80. The summed E-state index contributed by atoms with van der Waals surface area (Å²) in [5.41, 5.74) is 1.16. The quantitative estimate of drug-likeness (QED) is 0.772. The van der Waals surface area contributed by atoms with E-state index >= 15 is 0 Å². The number of hydrogen-bond donors (Lipinski definition) is 1. The van der Waals surface area contributed by atoms with E-state index in [1.165, 1.54) is 0 Å². The minimum Gasteiger partial charge on any atom is -0.485 e. The lowest BCUT2D eigenvalue weighted by Crippen LogP contribution is -2.14. The van der Waals surface area contributed by atoms with Crippen molar-refractivity contribution in [2.24, 2.45) is 7.05 Å². The van der Waals surface area contributed by atoms with Gasteiger partial charge in [-0.3, -0.25) is 0 Å². The fourth-order valence-corrected chi connectivity index (χ4v) is 1.77. The second-order valence-electron chi connectivity index (χ2n) is 4.43. The molecule has 0 saturated heterocycles. The third-order valence-corrected chi connectivity index (χ3v) is 2.88. The van der Waals surface area contributed by atoms with Crippen molar-refractivity contribution in [2.45, 2.75) is 26.5 Å². The molecule has 0 aliphatic rings. The first-order chi connectivity index (χ1) is 9.31. The van der Waals surface area contributed by atoms with Gasteiger partial charge < -0.3 is 14.6 Å². The number of benzene rings is 1. The molecule has 2 aromatic rings. The number of aryl methyl sites for hydroxylation is 1. The SMILES string of the molecule is CCCNCc1ccccc1OCc1nncn1C. The molecule has 0 unspecified atom stereocenters. The predicted molar refractivity (Wildman–Crippen MR) is 73.8 cm³/mol. The molecule has 0 fully saturated rings. The van der Waals surface area contributed by atoms with E-state index in [0.717, 1.165) is 36.6 Å². The second-order valence-corrected chi connectivity index (χ2v) is 4.43. The second kappa shape index (κ2) is 6.89. The van der Waals surface area contributed by atoms with Crippen molar-refractivity contribution in [2.75, 3.05) is 6.54 Å². The molecule has 0 atom stereocenters. The predicted octanol–water partition coefficient (Wildman–Crippen LogP) is 1.89. The first-order valence-electron chi connectivity index (χ1n) is 6.55. The number of ether oxygens (including phenoxy) is 1. The van der Waals surface area contributed by atoms with E-state index < -0.39 is 0 Å². The summed E-state index contributed by atoms with van der Waals surface area (Å²) < 4.78 is 7.69. The minimum atomic E-state index is 0.432. The summed E-state index contributed by atoms with van der Waals surface area (Å²) in [4.78, 5) is 0. The van der Waals surface area contributed by atoms with E-state index in [0.29, 0.717) is 6.61 Å². The van der Waals surface area contributed by atoms with E-state index in [4.69, 9.17) is 4.74 Å². The monoisotopic (exact) mass is 260 g/mol. The molecular weight excluding hydrogens is 240 g/mol. The van der Waals surface area contributed by atoms with Crippen molar-refractivity contribution in [3.05, 3.63) is 42.0 Å². The number of hydrogen-bond acceptors (Lipinski definition) is 4. The van der Waals surface area contributed by atoms with Crippen LogP contribution < -0.4 is 10.1 Å². The van der Waals surface area contributed by atoms with Gasteiger partial charge in [0.1, 0.15) is 18.7 Å². The first kappa shape index (κ1) is 13.5. The fourth-order valence-electron chi connectivity index (χ4n) is 1.77. The van der Waals surface area contributed by atoms with Gasteiger partial charge in [0.15, 0.2) is 5.82 Å².